The van der Waals surface area contributed by atoms with E-state index in [9.17, 15) is 22.8 Å². The van der Waals surface area contributed by atoms with Gasteiger partial charge in [-0.05, 0) is 80.0 Å². The van der Waals surface area contributed by atoms with Crippen LogP contribution < -0.4 is 4.74 Å². The van der Waals surface area contributed by atoms with E-state index < -0.39 is 18.4 Å². The molecule has 6 nitrogen and oxygen atoms in total. The van der Waals surface area contributed by atoms with Crippen LogP contribution >= 0.6 is 9.24 Å². The van der Waals surface area contributed by atoms with Gasteiger partial charge in [-0.1, -0.05) is 108 Å². The van der Waals surface area contributed by atoms with E-state index in [-0.39, 0.29) is 29.3 Å². The van der Waals surface area contributed by atoms with E-state index in [2.05, 4.69) is 29.6 Å². The largest absolute Gasteiger partial charge is 0.486 e. The van der Waals surface area contributed by atoms with Gasteiger partial charge in [-0.15, -0.1) is 0 Å². The molecule has 0 saturated heterocycles. The van der Waals surface area contributed by atoms with Crippen LogP contribution in [0.2, 0.25) is 0 Å². The number of hydrogen-bond donors (Lipinski definition) is 0. The summed E-state index contributed by atoms with van der Waals surface area (Å²) in [5.74, 6) is -5.93. The first-order valence-corrected chi connectivity index (χ1v) is 19.3. The number of benzene rings is 5. The van der Waals surface area contributed by atoms with Gasteiger partial charge in [0, 0.05) is 50.5 Å². The third kappa shape index (κ3) is 8.04. The van der Waals surface area contributed by atoms with Gasteiger partial charge in [0.05, 0.1) is 5.52 Å². The van der Waals surface area contributed by atoms with Crippen LogP contribution in [0.5, 0.6) is 5.75 Å². The monoisotopic (exact) mass is 766 g/mol. The van der Waals surface area contributed by atoms with E-state index in [4.69, 9.17) is 9.57 Å². The van der Waals surface area contributed by atoms with Gasteiger partial charge in [-0.25, -0.2) is 4.39 Å². The highest BCUT2D eigenvalue weighted by Crippen LogP contribution is 2.40. The summed E-state index contributed by atoms with van der Waals surface area (Å²) in [5.41, 5.74) is 7.03. The van der Waals surface area contributed by atoms with Gasteiger partial charge in [0.2, 0.25) is 0 Å². The van der Waals surface area contributed by atoms with Crippen molar-refractivity contribution in [1.29, 1.82) is 0 Å². The molecule has 55 heavy (non-hydrogen) atoms. The summed E-state index contributed by atoms with van der Waals surface area (Å²) in [7, 11) is 1.46. The zero-order chi connectivity index (χ0) is 39.4. The van der Waals surface area contributed by atoms with Gasteiger partial charge in [0.25, 0.3) is 0 Å². The van der Waals surface area contributed by atoms with Crippen LogP contribution in [0.3, 0.4) is 0 Å². The second-order valence-corrected chi connectivity index (χ2v) is 14.9. The fourth-order valence-corrected chi connectivity index (χ4v) is 7.81. The number of unbranched alkanes of at least 4 members (excludes halogenated alkanes) is 1. The molecule has 6 rings (SSSR count). The number of ether oxygens (including phenoxy) is 1. The van der Waals surface area contributed by atoms with Crippen LogP contribution in [-0.4, -0.2) is 41.0 Å². The average molecular weight is 767 g/mol. The topological polar surface area (TPSA) is 69.9 Å². The Hall–Kier alpha value is -5.01. The molecule has 0 N–H and O–H groups in total. The van der Waals surface area contributed by atoms with Crippen LogP contribution in [-0.2, 0) is 16.2 Å². The summed E-state index contributed by atoms with van der Waals surface area (Å²) in [6.45, 7) is 10.1. The molecule has 286 valence electrons. The van der Waals surface area contributed by atoms with Gasteiger partial charge in [-0.3, -0.25) is 9.59 Å². The van der Waals surface area contributed by atoms with Crippen LogP contribution in [0.1, 0.15) is 83.3 Å². The van der Waals surface area contributed by atoms with E-state index >= 15 is 0 Å². The van der Waals surface area contributed by atoms with Crippen molar-refractivity contribution in [2.24, 2.45) is 11.1 Å². The summed E-state index contributed by atoms with van der Waals surface area (Å²) in [6, 6.07) is 26.2. The molecule has 6 aromatic rings. The molecule has 0 bridgehead atoms. The van der Waals surface area contributed by atoms with E-state index in [1.165, 1.54) is 15.3 Å². The lowest BCUT2D eigenvalue weighted by Crippen LogP contribution is -2.33. The number of hydrogen-bond acceptors (Lipinski definition) is 5. The number of para-hydroxylation sites is 1. The van der Waals surface area contributed by atoms with Crippen LogP contribution in [0, 0.1) is 26.7 Å². The molecule has 0 aliphatic rings. The molecule has 5 aromatic carbocycles. The number of carbonyl (C=O) groups excluding carboxylic acids is 2. The minimum absolute atomic E-state index is 0.00743. The number of carbonyl (C=O) groups is 2. The van der Waals surface area contributed by atoms with Gasteiger partial charge < -0.3 is 14.1 Å². The third-order valence-corrected chi connectivity index (χ3v) is 10.9. The molecule has 3 atom stereocenters. The second kappa shape index (κ2) is 16.8. The molecular weight excluding hydrogens is 720 g/mol. The van der Waals surface area contributed by atoms with Crippen LogP contribution in [0.4, 0.5) is 13.2 Å². The number of nitrogens with zero attached hydrogens (tertiary/aromatic N) is 2. The number of ketones is 1. The Balaban J connectivity index is 1.62. The van der Waals surface area contributed by atoms with E-state index in [0.29, 0.717) is 22.6 Å². The maximum absolute atomic E-state index is 14.7. The maximum Gasteiger partial charge on any atom is 0.323 e. The van der Waals surface area contributed by atoms with Gasteiger partial charge in [0.15, 0.2) is 18.3 Å². The number of halogens is 3. The third-order valence-electron chi connectivity index (χ3n) is 10.4. The van der Waals surface area contributed by atoms with Crippen molar-refractivity contribution in [1.82, 2.24) is 4.57 Å². The van der Waals surface area contributed by atoms with Gasteiger partial charge >= 0.3 is 12.4 Å². The van der Waals surface area contributed by atoms with Crippen molar-refractivity contribution >= 4 is 59.8 Å². The Bertz CT molecular complexity index is 2400. The number of rotatable bonds is 16. The standard InChI is InChI=1S/C45H46F3N2O4P/c1-6-8-13-30(7-2)24-50-38-19-18-31(41(49-54-26-51)34-16-11-12-17-39(34)53-25-45(47,48)44(46)55)22-35(38)36-23-37(32-14-9-10-15-33(32)42(36)50)43(52)40-28(4)20-27(3)21-29(40)5/h9-12,14-23,26,30,44H,6-8,13,24-25,55H2,1-5H3/b49-41+. The van der Waals surface area contributed by atoms with Crippen molar-refractivity contribution < 1.29 is 32.3 Å². The van der Waals surface area contributed by atoms with Crippen LogP contribution in [0.25, 0.3) is 32.6 Å². The first-order chi connectivity index (χ1) is 26.4. The van der Waals surface area contributed by atoms with Crippen molar-refractivity contribution in [2.75, 3.05) is 6.61 Å². The molecule has 3 unspecified atom stereocenters. The minimum Gasteiger partial charge on any atom is -0.486 e. The second-order valence-electron chi connectivity index (χ2n) is 14.3. The fourth-order valence-electron chi connectivity index (χ4n) is 7.71. The molecule has 0 saturated carbocycles. The highest BCUT2D eigenvalue weighted by atomic mass is 31.0. The Morgan fingerprint density at radius 1 is 0.891 bits per heavy atom. The number of alkyl halides is 3. The Morgan fingerprint density at radius 3 is 2.25 bits per heavy atom. The summed E-state index contributed by atoms with van der Waals surface area (Å²) in [5, 5.41) is 7.62. The number of aryl methyl sites for hydroxylation is 3. The van der Waals surface area contributed by atoms with Crippen LogP contribution in [0.15, 0.2) is 90.1 Å². The molecule has 0 amide bonds. The summed E-state index contributed by atoms with van der Waals surface area (Å²) in [4.78, 5) is 31.1. The highest BCUT2D eigenvalue weighted by Gasteiger charge is 2.38. The summed E-state index contributed by atoms with van der Waals surface area (Å²) < 4.78 is 50.2. The predicted molar refractivity (Wildman–Crippen MR) is 219 cm³/mol. The van der Waals surface area contributed by atoms with E-state index in [1.54, 1.807) is 18.2 Å². The first-order valence-electron chi connectivity index (χ1n) is 18.7. The average Bonchev–Trinajstić information content (AvgIpc) is 3.47. The zero-order valence-corrected chi connectivity index (χ0v) is 33.0. The Kier molecular flexibility index (Phi) is 12.1. The lowest BCUT2D eigenvalue weighted by atomic mass is 9.89. The Labute approximate surface area is 321 Å². The normalized spacial score (nSPS) is 13.4. The molecule has 0 radical (unpaired) electrons. The van der Waals surface area contributed by atoms with Gasteiger partial charge in [-0.2, -0.15) is 8.78 Å². The zero-order valence-electron chi connectivity index (χ0n) is 31.8. The maximum atomic E-state index is 14.7. The smallest absolute Gasteiger partial charge is 0.323 e. The molecular formula is C45H46F3N2O4P. The molecule has 0 spiro atoms. The molecule has 1 aromatic heterocycles. The SMILES string of the molecule is CCCCC(CC)Cn1c2ccc(/C(=N\OC=O)c3ccccc3OCC(F)(F)C(F)P)cc2c2cc(C(=O)c3c(C)cc(C)cc3C)c3ccccc3c21. The number of fused-ring (bicyclic) bond motifs is 5. The van der Waals surface area contributed by atoms with Crippen molar-refractivity contribution in [2.45, 2.75) is 78.7 Å². The van der Waals surface area contributed by atoms with E-state index in [1.807, 2.05) is 75.4 Å². The molecule has 0 aliphatic carbocycles. The molecule has 0 aliphatic heterocycles. The summed E-state index contributed by atoms with van der Waals surface area (Å²) in [6.07, 6.45) is 4.28. The van der Waals surface area contributed by atoms with Crippen molar-refractivity contribution in [3.8, 4) is 5.75 Å². The fraction of sp³-hybridized carbons (Fsp3) is 0.311. The minimum atomic E-state index is -3.77. The number of oxime groups is 1. The lowest BCUT2D eigenvalue weighted by Gasteiger charge is -2.20. The first kappa shape index (κ1) is 39.7. The van der Waals surface area contributed by atoms with Gasteiger partial charge in [0.1, 0.15) is 11.5 Å². The molecule has 0 fully saturated rings. The van der Waals surface area contributed by atoms with E-state index in [0.717, 1.165) is 81.5 Å². The summed E-state index contributed by atoms with van der Waals surface area (Å²) >= 11 is 0. The molecule has 1 heterocycles. The lowest BCUT2D eigenvalue weighted by molar-refractivity contribution is -0.128. The quantitative estimate of drug-likeness (QED) is 0.0246. The van der Waals surface area contributed by atoms with Crippen molar-refractivity contribution in [3.63, 3.8) is 0 Å². The number of aromatic nitrogens is 1. The molecule has 10 heteroatoms. The highest BCUT2D eigenvalue weighted by molar-refractivity contribution is 7.17. The Morgan fingerprint density at radius 2 is 1.58 bits per heavy atom. The predicted octanol–water partition coefficient (Wildman–Crippen LogP) is 11.4. The van der Waals surface area contributed by atoms with Crippen molar-refractivity contribution in [3.05, 3.63) is 124 Å².